The first kappa shape index (κ1) is 7.12. The largest absolute Gasteiger partial charge is 0.313 e. The first-order valence-electron chi connectivity index (χ1n) is 4.48. The highest BCUT2D eigenvalue weighted by molar-refractivity contribution is 5.04. The van der Waals surface area contributed by atoms with Gasteiger partial charge in [-0.3, -0.25) is 0 Å². The van der Waals surface area contributed by atoms with Gasteiger partial charge in [-0.2, -0.15) is 5.26 Å². The SMILES string of the molecule is N#CCC12CCCC1NCC2. The lowest BCUT2D eigenvalue weighted by atomic mass is 9.80. The van der Waals surface area contributed by atoms with Crippen LogP contribution in [0.15, 0.2) is 0 Å². The molecule has 2 rings (SSSR count). The number of nitriles is 1. The Morgan fingerprint density at radius 2 is 2.45 bits per heavy atom. The summed E-state index contributed by atoms with van der Waals surface area (Å²) in [6.07, 6.45) is 5.88. The molecule has 2 unspecified atom stereocenters. The molecule has 2 nitrogen and oxygen atoms in total. The molecule has 1 saturated carbocycles. The lowest BCUT2D eigenvalue weighted by Crippen LogP contribution is -2.30. The van der Waals surface area contributed by atoms with Crippen molar-refractivity contribution >= 4 is 0 Å². The minimum atomic E-state index is 0.384. The molecule has 0 aromatic heterocycles. The fourth-order valence-corrected chi connectivity index (χ4v) is 2.71. The van der Waals surface area contributed by atoms with Gasteiger partial charge in [0, 0.05) is 12.5 Å². The van der Waals surface area contributed by atoms with E-state index in [1.165, 1.54) is 25.7 Å². The summed E-state index contributed by atoms with van der Waals surface area (Å²) in [7, 11) is 0. The highest BCUT2D eigenvalue weighted by Crippen LogP contribution is 2.46. The van der Waals surface area contributed by atoms with Crippen molar-refractivity contribution in [3.8, 4) is 6.07 Å². The van der Waals surface area contributed by atoms with Gasteiger partial charge in [-0.1, -0.05) is 6.42 Å². The van der Waals surface area contributed by atoms with Crippen LogP contribution in [-0.4, -0.2) is 12.6 Å². The lowest BCUT2D eigenvalue weighted by molar-refractivity contribution is 0.293. The molecule has 2 heteroatoms. The highest BCUT2D eigenvalue weighted by Gasteiger charge is 2.45. The zero-order chi connectivity index (χ0) is 7.73. The molecule has 2 aliphatic rings. The van der Waals surface area contributed by atoms with Crippen LogP contribution in [0.2, 0.25) is 0 Å². The van der Waals surface area contributed by atoms with Gasteiger partial charge in [0.1, 0.15) is 0 Å². The lowest BCUT2D eigenvalue weighted by Gasteiger charge is -2.24. The number of nitrogens with one attached hydrogen (secondary N) is 1. The number of nitrogens with zero attached hydrogens (tertiary/aromatic N) is 1. The summed E-state index contributed by atoms with van der Waals surface area (Å²) in [5.41, 5.74) is 0.384. The fourth-order valence-electron chi connectivity index (χ4n) is 2.71. The Morgan fingerprint density at radius 3 is 3.27 bits per heavy atom. The molecule has 2 fully saturated rings. The summed E-state index contributed by atoms with van der Waals surface area (Å²) >= 11 is 0. The first-order chi connectivity index (χ1) is 5.37. The summed E-state index contributed by atoms with van der Waals surface area (Å²) in [4.78, 5) is 0. The molecule has 0 aromatic carbocycles. The second kappa shape index (κ2) is 2.49. The Balaban J connectivity index is 2.14. The van der Waals surface area contributed by atoms with E-state index in [4.69, 9.17) is 5.26 Å². The molecule has 1 aliphatic carbocycles. The average Bonchev–Trinajstić information content (AvgIpc) is 2.45. The standard InChI is InChI=1S/C9H14N2/c10-6-4-9-3-1-2-8(9)11-7-5-9/h8,11H,1-5,7H2. The summed E-state index contributed by atoms with van der Waals surface area (Å²) in [6.45, 7) is 1.13. The fraction of sp³-hybridized carbons (Fsp3) is 0.889. The molecule has 11 heavy (non-hydrogen) atoms. The first-order valence-corrected chi connectivity index (χ1v) is 4.48. The molecule has 1 aliphatic heterocycles. The minimum absolute atomic E-state index is 0.384. The minimum Gasteiger partial charge on any atom is -0.313 e. The van der Waals surface area contributed by atoms with Crippen molar-refractivity contribution in [1.82, 2.24) is 5.32 Å². The van der Waals surface area contributed by atoms with Gasteiger partial charge in [-0.15, -0.1) is 0 Å². The summed E-state index contributed by atoms with van der Waals surface area (Å²) < 4.78 is 0. The van der Waals surface area contributed by atoms with Crippen LogP contribution in [0.25, 0.3) is 0 Å². The Kier molecular flexibility index (Phi) is 1.61. The number of hydrogen-bond donors (Lipinski definition) is 1. The van der Waals surface area contributed by atoms with Crippen molar-refractivity contribution in [3.05, 3.63) is 0 Å². The van der Waals surface area contributed by atoms with Crippen LogP contribution in [0.5, 0.6) is 0 Å². The third-order valence-electron chi connectivity index (χ3n) is 3.35. The molecule has 1 heterocycles. The van der Waals surface area contributed by atoms with Crippen molar-refractivity contribution in [2.24, 2.45) is 5.41 Å². The zero-order valence-corrected chi connectivity index (χ0v) is 6.77. The molecule has 0 spiro atoms. The summed E-state index contributed by atoms with van der Waals surface area (Å²) in [5.74, 6) is 0. The van der Waals surface area contributed by atoms with Crippen LogP contribution in [-0.2, 0) is 0 Å². The van der Waals surface area contributed by atoms with Gasteiger partial charge in [0.05, 0.1) is 6.07 Å². The van der Waals surface area contributed by atoms with E-state index in [1.54, 1.807) is 0 Å². The van der Waals surface area contributed by atoms with Crippen LogP contribution in [0.1, 0.15) is 32.1 Å². The van der Waals surface area contributed by atoms with Gasteiger partial charge < -0.3 is 5.32 Å². The van der Waals surface area contributed by atoms with Crippen molar-refractivity contribution in [1.29, 1.82) is 5.26 Å². The maximum atomic E-state index is 8.69. The maximum absolute atomic E-state index is 8.69. The van der Waals surface area contributed by atoms with E-state index in [-0.39, 0.29) is 0 Å². The van der Waals surface area contributed by atoms with Gasteiger partial charge in [0.25, 0.3) is 0 Å². The highest BCUT2D eigenvalue weighted by atomic mass is 15.0. The zero-order valence-electron chi connectivity index (χ0n) is 6.77. The Hall–Kier alpha value is -0.550. The third-order valence-corrected chi connectivity index (χ3v) is 3.35. The number of rotatable bonds is 1. The number of hydrogen-bond acceptors (Lipinski definition) is 2. The van der Waals surface area contributed by atoms with Crippen molar-refractivity contribution in [2.45, 2.75) is 38.1 Å². The predicted molar refractivity (Wildman–Crippen MR) is 42.9 cm³/mol. The predicted octanol–water partition coefficient (Wildman–Crippen LogP) is 1.43. The van der Waals surface area contributed by atoms with Crippen LogP contribution < -0.4 is 5.32 Å². The van der Waals surface area contributed by atoms with Gasteiger partial charge >= 0.3 is 0 Å². The van der Waals surface area contributed by atoms with Crippen LogP contribution >= 0.6 is 0 Å². The molecule has 2 atom stereocenters. The second-order valence-electron chi connectivity index (χ2n) is 3.85. The Morgan fingerprint density at radius 1 is 1.55 bits per heavy atom. The summed E-state index contributed by atoms with van der Waals surface area (Å²) in [5, 5.41) is 12.2. The maximum Gasteiger partial charge on any atom is 0.0628 e. The average molecular weight is 150 g/mol. The van der Waals surface area contributed by atoms with Crippen LogP contribution in [0, 0.1) is 16.7 Å². The van der Waals surface area contributed by atoms with Gasteiger partial charge in [-0.25, -0.2) is 0 Å². The second-order valence-corrected chi connectivity index (χ2v) is 3.85. The molecule has 0 amide bonds. The van der Waals surface area contributed by atoms with E-state index in [0.29, 0.717) is 11.5 Å². The van der Waals surface area contributed by atoms with E-state index in [1.807, 2.05) is 0 Å². The Labute approximate surface area is 67.6 Å². The molecular weight excluding hydrogens is 136 g/mol. The van der Waals surface area contributed by atoms with Crippen LogP contribution in [0.3, 0.4) is 0 Å². The van der Waals surface area contributed by atoms with Crippen molar-refractivity contribution < 1.29 is 0 Å². The van der Waals surface area contributed by atoms with Crippen molar-refractivity contribution in [3.63, 3.8) is 0 Å². The molecule has 1 N–H and O–H groups in total. The topological polar surface area (TPSA) is 35.8 Å². The monoisotopic (exact) mass is 150 g/mol. The van der Waals surface area contributed by atoms with Gasteiger partial charge in [0.2, 0.25) is 0 Å². The quantitative estimate of drug-likeness (QED) is 0.613. The summed E-state index contributed by atoms with van der Waals surface area (Å²) in [6, 6.07) is 3.00. The normalized spacial score (nSPS) is 41.9. The molecule has 0 radical (unpaired) electrons. The van der Waals surface area contributed by atoms with Crippen LogP contribution in [0.4, 0.5) is 0 Å². The smallest absolute Gasteiger partial charge is 0.0628 e. The van der Waals surface area contributed by atoms with E-state index in [9.17, 15) is 0 Å². The number of fused-ring (bicyclic) bond motifs is 1. The van der Waals surface area contributed by atoms with E-state index in [0.717, 1.165) is 13.0 Å². The Bertz CT molecular complexity index is 182. The van der Waals surface area contributed by atoms with Gasteiger partial charge in [-0.05, 0) is 31.2 Å². The van der Waals surface area contributed by atoms with Crippen molar-refractivity contribution in [2.75, 3.05) is 6.54 Å². The van der Waals surface area contributed by atoms with E-state index < -0.39 is 0 Å². The molecule has 0 aromatic rings. The molecule has 0 bridgehead atoms. The third kappa shape index (κ3) is 0.954. The van der Waals surface area contributed by atoms with E-state index >= 15 is 0 Å². The molecular formula is C9H14N2. The molecule has 60 valence electrons. The van der Waals surface area contributed by atoms with Gasteiger partial charge in [0.15, 0.2) is 0 Å². The van der Waals surface area contributed by atoms with E-state index in [2.05, 4.69) is 11.4 Å². The molecule has 1 saturated heterocycles.